The largest absolute Gasteiger partial charge is 0.486 e. The van der Waals surface area contributed by atoms with E-state index in [0.29, 0.717) is 5.02 Å². The first-order valence-corrected chi connectivity index (χ1v) is 7.56. The molecule has 0 fully saturated rings. The highest BCUT2D eigenvalue weighted by atomic mass is 35.5. The molecule has 1 heterocycles. The molecule has 0 saturated carbocycles. The third-order valence-corrected chi connectivity index (χ3v) is 3.81. The van der Waals surface area contributed by atoms with Gasteiger partial charge in [0.05, 0.1) is 0 Å². The zero-order valence-corrected chi connectivity index (χ0v) is 12.7. The summed E-state index contributed by atoms with van der Waals surface area (Å²) < 4.78 is 19.7. The summed E-state index contributed by atoms with van der Waals surface area (Å²) in [6, 6.07) is 12.2. The zero-order valence-electron chi connectivity index (χ0n) is 12.0. The molecule has 5 heteroatoms. The summed E-state index contributed by atoms with van der Waals surface area (Å²) in [5, 5.41) is 3.78. The molecule has 0 radical (unpaired) electrons. The van der Waals surface area contributed by atoms with E-state index in [9.17, 15) is 4.39 Å². The summed E-state index contributed by atoms with van der Waals surface area (Å²) in [5.41, 5.74) is 1.56. The molecule has 22 heavy (non-hydrogen) atoms. The monoisotopic (exact) mass is 318 g/mol. The molecule has 0 atom stereocenters. The Bertz CT molecular complexity index is 703. The Morgan fingerprint density at radius 1 is 1.23 bits per heavy atom. The van der Waals surface area contributed by atoms with Crippen LogP contribution in [0.2, 0.25) is 5.02 Å². The first-order chi connectivity index (χ1) is 10.7. The molecule has 1 aliphatic heterocycles. The Balaban J connectivity index is 1.72. The van der Waals surface area contributed by atoms with Crippen LogP contribution in [0.4, 0.5) is 4.39 Å². The molecule has 0 saturated heterocycles. The molecular weight excluding hydrogens is 303 g/mol. The lowest BCUT2D eigenvalue weighted by molar-refractivity contribution is 0.290. The topological polar surface area (TPSA) is 33.6 Å². The number of nitrogens with zero attached hydrogens (tertiary/aromatic N) is 1. The van der Waals surface area contributed by atoms with Crippen molar-refractivity contribution < 1.29 is 9.13 Å². The van der Waals surface area contributed by atoms with Crippen LogP contribution in [-0.4, -0.2) is 18.9 Å². The van der Waals surface area contributed by atoms with Crippen LogP contribution in [0.1, 0.15) is 17.5 Å². The van der Waals surface area contributed by atoms with E-state index in [4.69, 9.17) is 16.3 Å². The molecule has 0 unspecified atom stereocenters. The Hall–Kier alpha value is -2.07. The van der Waals surface area contributed by atoms with E-state index in [1.807, 2.05) is 24.3 Å². The molecule has 2 aromatic carbocycles. The van der Waals surface area contributed by atoms with Crippen molar-refractivity contribution in [2.45, 2.75) is 13.0 Å². The molecule has 3 rings (SSSR count). The van der Waals surface area contributed by atoms with E-state index in [2.05, 4.69) is 10.3 Å². The lowest BCUT2D eigenvalue weighted by Crippen LogP contribution is -2.30. The van der Waals surface area contributed by atoms with Gasteiger partial charge in [0.15, 0.2) is 11.6 Å². The van der Waals surface area contributed by atoms with Gasteiger partial charge in [0.1, 0.15) is 12.4 Å². The predicted molar refractivity (Wildman–Crippen MR) is 86.2 cm³/mol. The molecule has 0 amide bonds. The lowest BCUT2D eigenvalue weighted by atomic mass is 10.1. The number of hydrogen-bond acceptors (Lipinski definition) is 3. The second-order valence-corrected chi connectivity index (χ2v) is 5.44. The van der Waals surface area contributed by atoms with Gasteiger partial charge in [0.25, 0.3) is 0 Å². The average molecular weight is 319 g/mol. The van der Waals surface area contributed by atoms with Gasteiger partial charge in [0, 0.05) is 29.2 Å². The minimum atomic E-state index is -0.403. The van der Waals surface area contributed by atoms with Crippen molar-refractivity contribution in [2.75, 3.05) is 13.1 Å². The van der Waals surface area contributed by atoms with Gasteiger partial charge in [0.2, 0.25) is 0 Å². The van der Waals surface area contributed by atoms with E-state index in [0.717, 1.165) is 36.5 Å². The van der Waals surface area contributed by atoms with Gasteiger partial charge < -0.3 is 10.1 Å². The summed E-state index contributed by atoms with van der Waals surface area (Å²) in [4.78, 5) is 4.36. The zero-order chi connectivity index (χ0) is 15.4. The summed E-state index contributed by atoms with van der Waals surface area (Å²) in [6.07, 6.45) is 1.00. The van der Waals surface area contributed by atoms with E-state index in [1.54, 1.807) is 12.1 Å². The Morgan fingerprint density at radius 3 is 2.82 bits per heavy atom. The van der Waals surface area contributed by atoms with Gasteiger partial charge >= 0.3 is 0 Å². The van der Waals surface area contributed by atoms with Crippen LogP contribution in [0.25, 0.3) is 0 Å². The van der Waals surface area contributed by atoms with E-state index < -0.39 is 5.82 Å². The Labute approximate surface area is 133 Å². The third kappa shape index (κ3) is 3.39. The number of ether oxygens (including phenoxy) is 1. The SMILES string of the molecule is Fc1cc(C2=NCCCN2)ccc1OCc1ccccc1Cl. The van der Waals surface area contributed by atoms with Gasteiger partial charge in [-0.3, -0.25) is 4.99 Å². The molecule has 0 aromatic heterocycles. The maximum absolute atomic E-state index is 14.2. The van der Waals surface area contributed by atoms with Crippen LogP contribution in [0.3, 0.4) is 0 Å². The standard InChI is InChI=1S/C17H16ClFN2O/c18-14-5-2-1-4-13(14)11-22-16-7-6-12(10-15(16)19)17-20-8-3-9-21-17/h1-2,4-7,10H,3,8-9,11H2,(H,20,21). The fraction of sp³-hybridized carbons (Fsp3) is 0.235. The molecule has 1 aliphatic rings. The lowest BCUT2D eigenvalue weighted by Gasteiger charge is -2.15. The number of benzene rings is 2. The molecular formula is C17H16ClFN2O. The summed E-state index contributed by atoms with van der Waals surface area (Å²) in [5.74, 6) is 0.544. The number of halogens is 2. The number of hydrogen-bond donors (Lipinski definition) is 1. The van der Waals surface area contributed by atoms with Crippen molar-refractivity contribution in [1.29, 1.82) is 0 Å². The number of nitrogens with one attached hydrogen (secondary N) is 1. The van der Waals surface area contributed by atoms with Crippen molar-refractivity contribution in [3.63, 3.8) is 0 Å². The quantitative estimate of drug-likeness (QED) is 0.930. The molecule has 1 N–H and O–H groups in total. The minimum absolute atomic E-state index is 0.208. The van der Waals surface area contributed by atoms with E-state index in [-0.39, 0.29) is 12.4 Å². The molecule has 0 bridgehead atoms. The van der Waals surface area contributed by atoms with Crippen LogP contribution < -0.4 is 10.1 Å². The minimum Gasteiger partial charge on any atom is -0.486 e. The van der Waals surface area contributed by atoms with Gasteiger partial charge in [-0.15, -0.1) is 0 Å². The smallest absolute Gasteiger partial charge is 0.165 e. The molecule has 0 aliphatic carbocycles. The summed E-state index contributed by atoms with van der Waals surface area (Å²) >= 11 is 6.06. The van der Waals surface area contributed by atoms with Gasteiger partial charge in [-0.05, 0) is 30.7 Å². The number of aliphatic imine (C=N–C) groups is 1. The predicted octanol–water partition coefficient (Wildman–Crippen LogP) is 3.80. The highest BCUT2D eigenvalue weighted by molar-refractivity contribution is 6.31. The van der Waals surface area contributed by atoms with Crippen LogP contribution >= 0.6 is 11.6 Å². The second-order valence-electron chi connectivity index (χ2n) is 5.04. The first kappa shape index (κ1) is 14.9. The van der Waals surface area contributed by atoms with Crippen LogP contribution in [0.15, 0.2) is 47.5 Å². The van der Waals surface area contributed by atoms with Gasteiger partial charge in [-0.25, -0.2) is 4.39 Å². The molecule has 3 nitrogen and oxygen atoms in total. The summed E-state index contributed by atoms with van der Waals surface area (Å²) in [7, 11) is 0. The van der Waals surface area contributed by atoms with Crippen molar-refractivity contribution in [1.82, 2.24) is 5.32 Å². The van der Waals surface area contributed by atoms with Crippen molar-refractivity contribution in [3.05, 3.63) is 64.4 Å². The normalized spacial score (nSPS) is 14.2. The Morgan fingerprint density at radius 2 is 2.09 bits per heavy atom. The fourth-order valence-electron chi connectivity index (χ4n) is 2.26. The van der Waals surface area contributed by atoms with Gasteiger partial charge in [-0.1, -0.05) is 29.8 Å². The van der Waals surface area contributed by atoms with E-state index >= 15 is 0 Å². The number of rotatable bonds is 4. The van der Waals surface area contributed by atoms with Crippen LogP contribution in [-0.2, 0) is 6.61 Å². The Kier molecular flexibility index (Phi) is 4.59. The molecule has 2 aromatic rings. The molecule has 114 valence electrons. The summed E-state index contributed by atoms with van der Waals surface area (Å²) in [6.45, 7) is 1.87. The molecule has 0 spiro atoms. The van der Waals surface area contributed by atoms with E-state index in [1.165, 1.54) is 6.07 Å². The highest BCUT2D eigenvalue weighted by Crippen LogP contribution is 2.22. The average Bonchev–Trinajstić information content (AvgIpc) is 2.56. The fourth-order valence-corrected chi connectivity index (χ4v) is 2.45. The van der Waals surface area contributed by atoms with Gasteiger partial charge in [-0.2, -0.15) is 0 Å². The first-order valence-electron chi connectivity index (χ1n) is 7.18. The number of amidine groups is 1. The van der Waals surface area contributed by atoms with Crippen molar-refractivity contribution >= 4 is 17.4 Å². The van der Waals surface area contributed by atoms with Crippen molar-refractivity contribution in [2.24, 2.45) is 4.99 Å². The third-order valence-electron chi connectivity index (χ3n) is 3.44. The van der Waals surface area contributed by atoms with Crippen LogP contribution in [0.5, 0.6) is 5.75 Å². The van der Waals surface area contributed by atoms with Crippen molar-refractivity contribution in [3.8, 4) is 5.75 Å². The maximum atomic E-state index is 14.2. The maximum Gasteiger partial charge on any atom is 0.165 e. The van der Waals surface area contributed by atoms with Crippen LogP contribution in [0, 0.1) is 5.82 Å². The highest BCUT2D eigenvalue weighted by Gasteiger charge is 2.11. The second kappa shape index (κ2) is 6.79.